The van der Waals surface area contributed by atoms with Gasteiger partial charge in [0.15, 0.2) is 0 Å². The minimum Gasteiger partial charge on any atom is -0.347 e. The summed E-state index contributed by atoms with van der Waals surface area (Å²) in [7, 11) is 4.85. The molecular formula is C8H12N2O2. The molecule has 1 amide bonds. The molecular weight excluding hydrogens is 156 g/mol. The van der Waals surface area contributed by atoms with Gasteiger partial charge < -0.3 is 4.57 Å². The van der Waals surface area contributed by atoms with Crippen LogP contribution in [0.4, 0.5) is 0 Å². The van der Waals surface area contributed by atoms with Gasteiger partial charge in [-0.3, -0.25) is 9.63 Å². The monoisotopic (exact) mass is 168 g/mol. The van der Waals surface area contributed by atoms with Crippen LogP contribution in [0.25, 0.3) is 0 Å². The average molecular weight is 168 g/mol. The first kappa shape index (κ1) is 8.80. The van der Waals surface area contributed by atoms with Crippen molar-refractivity contribution in [3.8, 4) is 0 Å². The van der Waals surface area contributed by atoms with Crippen LogP contribution in [-0.4, -0.2) is 29.7 Å². The highest BCUT2D eigenvalue weighted by Crippen LogP contribution is 2.03. The van der Waals surface area contributed by atoms with Crippen LogP contribution in [0, 0.1) is 0 Å². The number of carbonyl (C=O) groups is 1. The van der Waals surface area contributed by atoms with Crippen molar-refractivity contribution in [3.05, 3.63) is 24.0 Å². The van der Waals surface area contributed by atoms with Crippen LogP contribution in [0.15, 0.2) is 18.3 Å². The van der Waals surface area contributed by atoms with E-state index in [0.717, 1.165) is 0 Å². The zero-order chi connectivity index (χ0) is 9.14. The lowest BCUT2D eigenvalue weighted by Crippen LogP contribution is -2.26. The summed E-state index contributed by atoms with van der Waals surface area (Å²) in [6.07, 6.45) is 1.82. The summed E-state index contributed by atoms with van der Waals surface area (Å²) in [5.41, 5.74) is 0.611. The van der Waals surface area contributed by atoms with Crippen LogP contribution in [0.1, 0.15) is 10.5 Å². The minimum atomic E-state index is -0.148. The SMILES string of the molecule is CON(C)C(=O)c1cccn1C. The third-order valence-electron chi connectivity index (χ3n) is 1.72. The molecule has 0 bridgehead atoms. The maximum Gasteiger partial charge on any atom is 0.293 e. The topological polar surface area (TPSA) is 34.5 Å². The number of amides is 1. The molecule has 12 heavy (non-hydrogen) atoms. The normalized spacial score (nSPS) is 9.92. The Balaban J connectivity index is 2.85. The lowest BCUT2D eigenvalue weighted by Gasteiger charge is -2.13. The zero-order valence-corrected chi connectivity index (χ0v) is 7.44. The van der Waals surface area contributed by atoms with Crippen LogP contribution < -0.4 is 0 Å². The van der Waals surface area contributed by atoms with E-state index in [4.69, 9.17) is 4.84 Å². The van der Waals surface area contributed by atoms with Gasteiger partial charge in [0, 0.05) is 20.3 Å². The Morgan fingerprint density at radius 3 is 2.75 bits per heavy atom. The summed E-state index contributed by atoms with van der Waals surface area (Å²) in [4.78, 5) is 16.2. The average Bonchev–Trinajstić information content (AvgIpc) is 2.48. The van der Waals surface area contributed by atoms with Gasteiger partial charge in [0.05, 0.1) is 7.11 Å². The molecule has 0 fully saturated rings. The quantitative estimate of drug-likeness (QED) is 0.608. The zero-order valence-electron chi connectivity index (χ0n) is 7.44. The smallest absolute Gasteiger partial charge is 0.293 e. The summed E-state index contributed by atoms with van der Waals surface area (Å²) in [5.74, 6) is -0.148. The Morgan fingerprint density at radius 1 is 1.67 bits per heavy atom. The van der Waals surface area contributed by atoms with Crippen molar-refractivity contribution in [3.63, 3.8) is 0 Å². The highest BCUT2D eigenvalue weighted by molar-refractivity contribution is 5.91. The van der Waals surface area contributed by atoms with Crippen molar-refractivity contribution < 1.29 is 9.63 Å². The first-order chi connectivity index (χ1) is 5.66. The Kier molecular flexibility index (Phi) is 2.50. The van der Waals surface area contributed by atoms with E-state index >= 15 is 0 Å². The summed E-state index contributed by atoms with van der Waals surface area (Å²) in [6, 6.07) is 3.56. The maximum atomic E-state index is 11.4. The second-order valence-electron chi connectivity index (χ2n) is 2.49. The van der Waals surface area contributed by atoms with Crippen LogP contribution in [-0.2, 0) is 11.9 Å². The van der Waals surface area contributed by atoms with Gasteiger partial charge in [-0.05, 0) is 12.1 Å². The number of hydrogen-bond donors (Lipinski definition) is 0. The van der Waals surface area contributed by atoms with Crippen LogP contribution in [0.5, 0.6) is 0 Å². The summed E-state index contributed by atoms with van der Waals surface area (Å²) < 4.78 is 1.75. The van der Waals surface area contributed by atoms with Gasteiger partial charge in [0.25, 0.3) is 5.91 Å². The molecule has 1 aromatic heterocycles. The van der Waals surface area contributed by atoms with E-state index in [1.165, 1.54) is 12.2 Å². The molecule has 0 spiro atoms. The number of rotatable bonds is 2. The molecule has 0 aliphatic rings. The number of aryl methyl sites for hydroxylation is 1. The summed E-state index contributed by atoms with van der Waals surface area (Å²) in [5, 5.41) is 1.19. The number of nitrogens with zero attached hydrogens (tertiary/aromatic N) is 2. The molecule has 0 saturated heterocycles. The predicted molar refractivity (Wildman–Crippen MR) is 44.5 cm³/mol. The van der Waals surface area contributed by atoms with E-state index in [9.17, 15) is 4.79 Å². The molecule has 0 aromatic carbocycles. The van der Waals surface area contributed by atoms with Crippen molar-refractivity contribution in [2.24, 2.45) is 7.05 Å². The number of hydrogen-bond acceptors (Lipinski definition) is 2. The largest absolute Gasteiger partial charge is 0.347 e. The molecule has 1 aromatic rings. The van der Waals surface area contributed by atoms with E-state index in [0.29, 0.717) is 5.69 Å². The molecule has 1 rings (SSSR count). The second-order valence-corrected chi connectivity index (χ2v) is 2.49. The first-order valence-corrected chi connectivity index (χ1v) is 3.60. The maximum absolute atomic E-state index is 11.4. The van der Waals surface area contributed by atoms with Crippen molar-refractivity contribution in [2.45, 2.75) is 0 Å². The number of aromatic nitrogens is 1. The Labute approximate surface area is 71.3 Å². The van der Waals surface area contributed by atoms with Crippen molar-refractivity contribution in [2.75, 3.05) is 14.2 Å². The fraction of sp³-hybridized carbons (Fsp3) is 0.375. The highest BCUT2D eigenvalue weighted by atomic mass is 16.7. The molecule has 1 heterocycles. The van der Waals surface area contributed by atoms with Gasteiger partial charge in [-0.2, -0.15) is 0 Å². The molecule has 0 saturated carbocycles. The first-order valence-electron chi connectivity index (χ1n) is 3.60. The molecule has 66 valence electrons. The standard InChI is InChI=1S/C8H12N2O2/c1-9-6-4-5-7(9)8(11)10(2)12-3/h4-6H,1-3H3. The number of hydroxylamine groups is 2. The Hall–Kier alpha value is -1.29. The number of carbonyl (C=O) groups excluding carboxylic acids is 1. The van der Waals surface area contributed by atoms with Gasteiger partial charge in [0.1, 0.15) is 5.69 Å². The van der Waals surface area contributed by atoms with E-state index in [2.05, 4.69) is 0 Å². The fourth-order valence-electron chi connectivity index (χ4n) is 0.928. The summed E-state index contributed by atoms with van der Waals surface area (Å²) in [6.45, 7) is 0. The molecule has 4 nitrogen and oxygen atoms in total. The third-order valence-corrected chi connectivity index (χ3v) is 1.72. The van der Waals surface area contributed by atoms with Gasteiger partial charge in [-0.15, -0.1) is 0 Å². The van der Waals surface area contributed by atoms with Gasteiger partial charge in [0.2, 0.25) is 0 Å². The molecule has 0 atom stereocenters. The van der Waals surface area contributed by atoms with Crippen molar-refractivity contribution in [1.29, 1.82) is 0 Å². The molecule has 0 radical (unpaired) electrons. The van der Waals surface area contributed by atoms with Crippen LogP contribution in [0.3, 0.4) is 0 Å². The molecule has 0 unspecified atom stereocenters. The summed E-state index contributed by atoms with van der Waals surface area (Å²) >= 11 is 0. The van der Waals surface area contributed by atoms with Crippen molar-refractivity contribution >= 4 is 5.91 Å². The molecule has 0 N–H and O–H groups in total. The lowest BCUT2D eigenvalue weighted by molar-refractivity contribution is -0.0762. The predicted octanol–water partition coefficient (Wildman–Crippen LogP) is 0.658. The van der Waals surface area contributed by atoms with Gasteiger partial charge in [-0.25, -0.2) is 5.06 Å². The van der Waals surface area contributed by atoms with Gasteiger partial charge >= 0.3 is 0 Å². The van der Waals surface area contributed by atoms with E-state index in [1.807, 2.05) is 19.3 Å². The minimum absolute atomic E-state index is 0.148. The van der Waals surface area contributed by atoms with Gasteiger partial charge in [-0.1, -0.05) is 0 Å². The second kappa shape index (κ2) is 3.40. The van der Waals surface area contributed by atoms with E-state index < -0.39 is 0 Å². The molecule has 0 aliphatic carbocycles. The molecule has 4 heteroatoms. The van der Waals surface area contributed by atoms with Crippen LogP contribution in [0.2, 0.25) is 0 Å². The third kappa shape index (κ3) is 1.48. The van der Waals surface area contributed by atoms with E-state index in [-0.39, 0.29) is 5.91 Å². The van der Waals surface area contributed by atoms with E-state index in [1.54, 1.807) is 17.7 Å². The Morgan fingerprint density at radius 2 is 2.33 bits per heavy atom. The molecule has 0 aliphatic heterocycles. The van der Waals surface area contributed by atoms with Crippen LogP contribution >= 0.6 is 0 Å². The van der Waals surface area contributed by atoms with Crippen molar-refractivity contribution in [1.82, 2.24) is 9.63 Å². The lowest BCUT2D eigenvalue weighted by atomic mass is 10.4. The Bertz CT molecular complexity index is 280. The fourth-order valence-corrected chi connectivity index (χ4v) is 0.928. The highest BCUT2D eigenvalue weighted by Gasteiger charge is 2.12.